The van der Waals surface area contributed by atoms with Crippen LogP contribution in [-0.4, -0.2) is 46.5 Å². The Morgan fingerprint density at radius 1 is 0.914 bits per heavy atom. The summed E-state index contributed by atoms with van der Waals surface area (Å²) in [6.07, 6.45) is 2.56. The van der Waals surface area contributed by atoms with Crippen molar-refractivity contribution in [1.82, 2.24) is 10.2 Å². The number of amides is 1. The average Bonchev–Trinajstić information content (AvgIpc) is 3.41. The largest absolute Gasteiger partial charge is 0.497 e. The van der Waals surface area contributed by atoms with Crippen molar-refractivity contribution >= 4 is 21.6 Å². The number of nitrogens with one attached hydrogen (secondary N) is 1. The van der Waals surface area contributed by atoms with Gasteiger partial charge in [0.05, 0.1) is 17.7 Å². The molecule has 1 aliphatic rings. The Morgan fingerprint density at radius 3 is 2.11 bits per heavy atom. The summed E-state index contributed by atoms with van der Waals surface area (Å²) in [5.74, 6) is 0.373. The van der Waals surface area contributed by atoms with Gasteiger partial charge in [0.25, 0.3) is 15.9 Å². The summed E-state index contributed by atoms with van der Waals surface area (Å²) in [6.45, 7) is 3.73. The van der Waals surface area contributed by atoms with E-state index >= 15 is 0 Å². The molecule has 0 saturated carbocycles. The van der Waals surface area contributed by atoms with E-state index < -0.39 is 10.0 Å². The van der Waals surface area contributed by atoms with Crippen LogP contribution >= 0.6 is 0 Å². The van der Waals surface area contributed by atoms with Crippen molar-refractivity contribution in [1.29, 1.82) is 0 Å². The Bertz CT molecular complexity index is 1240. The van der Waals surface area contributed by atoms with Crippen molar-refractivity contribution in [3.05, 3.63) is 89.5 Å². The third kappa shape index (κ3) is 6.01. The molecule has 1 amide bonds. The summed E-state index contributed by atoms with van der Waals surface area (Å²) in [4.78, 5) is 15.2. The molecule has 3 aromatic rings. The van der Waals surface area contributed by atoms with E-state index in [2.05, 4.69) is 22.3 Å². The van der Waals surface area contributed by atoms with Gasteiger partial charge in [0.15, 0.2) is 0 Å². The average molecular weight is 494 g/mol. The Labute approximate surface area is 207 Å². The second-order valence-electron chi connectivity index (χ2n) is 8.68. The Kier molecular flexibility index (Phi) is 7.73. The SMILES string of the molecule is COc1ccc(S(=O)(=O)N(C)c2ccc(C(=O)NCc3ccc(CN4CCCC4)cc3)cc2)cc1. The molecule has 7 nitrogen and oxygen atoms in total. The summed E-state index contributed by atoms with van der Waals surface area (Å²) >= 11 is 0. The Hall–Kier alpha value is -3.36. The second-order valence-corrected chi connectivity index (χ2v) is 10.6. The molecule has 4 rings (SSSR count). The summed E-state index contributed by atoms with van der Waals surface area (Å²) < 4.78 is 32.2. The number of benzene rings is 3. The minimum atomic E-state index is -3.73. The molecule has 0 unspecified atom stereocenters. The van der Waals surface area contributed by atoms with Gasteiger partial charge in [-0.05, 0) is 85.6 Å². The van der Waals surface area contributed by atoms with Gasteiger partial charge in [-0.1, -0.05) is 24.3 Å². The summed E-state index contributed by atoms with van der Waals surface area (Å²) in [5, 5.41) is 2.93. The van der Waals surface area contributed by atoms with Crippen molar-refractivity contribution in [2.75, 3.05) is 31.6 Å². The predicted octanol–water partition coefficient (Wildman–Crippen LogP) is 4.05. The van der Waals surface area contributed by atoms with E-state index in [1.807, 2.05) is 12.1 Å². The van der Waals surface area contributed by atoms with Gasteiger partial charge in [-0.3, -0.25) is 14.0 Å². The van der Waals surface area contributed by atoms with Crippen LogP contribution in [0.15, 0.2) is 77.7 Å². The van der Waals surface area contributed by atoms with Crippen LogP contribution in [0.4, 0.5) is 5.69 Å². The van der Waals surface area contributed by atoms with Gasteiger partial charge in [0, 0.05) is 25.7 Å². The van der Waals surface area contributed by atoms with Gasteiger partial charge >= 0.3 is 0 Å². The molecule has 0 aromatic heterocycles. The van der Waals surface area contributed by atoms with Crippen LogP contribution in [0.25, 0.3) is 0 Å². The van der Waals surface area contributed by atoms with Gasteiger partial charge in [0.2, 0.25) is 0 Å². The minimum absolute atomic E-state index is 0.161. The van der Waals surface area contributed by atoms with Crippen LogP contribution in [0.2, 0.25) is 0 Å². The molecular formula is C27H31N3O4S. The van der Waals surface area contributed by atoms with Crippen LogP contribution in [0.1, 0.15) is 34.3 Å². The lowest BCUT2D eigenvalue weighted by Crippen LogP contribution is -2.27. The van der Waals surface area contributed by atoms with Gasteiger partial charge in [-0.15, -0.1) is 0 Å². The maximum absolute atomic E-state index is 12.9. The van der Waals surface area contributed by atoms with Crippen molar-refractivity contribution in [2.24, 2.45) is 0 Å². The highest BCUT2D eigenvalue weighted by molar-refractivity contribution is 7.92. The summed E-state index contributed by atoms with van der Waals surface area (Å²) in [5.41, 5.74) is 3.25. The van der Waals surface area contributed by atoms with Crippen LogP contribution < -0.4 is 14.4 Å². The zero-order chi connectivity index (χ0) is 24.8. The Morgan fingerprint density at radius 2 is 1.51 bits per heavy atom. The predicted molar refractivity (Wildman–Crippen MR) is 137 cm³/mol. The van der Waals surface area contributed by atoms with Crippen LogP contribution in [-0.2, 0) is 23.1 Å². The molecular weight excluding hydrogens is 462 g/mol. The second kappa shape index (κ2) is 10.9. The molecule has 1 saturated heterocycles. The van der Waals surface area contributed by atoms with E-state index in [1.54, 1.807) is 36.4 Å². The van der Waals surface area contributed by atoms with Crippen LogP contribution in [0.5, 0.6) is 5.75 Å². The van der Waals surface area contributed by atoms with E-state index in [-0.39, 0.29) is 10.8 Å². The molecule has 1 N–H and O–H groups in total. The fraction of sp³-hybridized carbons (Fsp3) is 0.296. The molecule has 184 valence electrons. The fourth-order valence-corrected chi connectivity index (χ4v) is 5.31. The van der Waals surface area contributed by atoms with Gasteiger partial charge in [0.1, 0.15) is 5.75 Å². The number of carbonyl (C=O) groups excluding carboxylic acids is 1. The fourth-order valence-electron chi connectivity index (χ4n) is 4.11. The van der Waals surface area contributed by atoms with Gasteiger partial charge < -0.3 is 10.1 Å². The van der Waals surface area contributed by atoms with Crippen LogP contribution in [0.3, 0.4) is 0 Å². The van der Waals surface area contributed by atoms with Gasteiger partial charge in [-0.25, -0.2) is 8.42 Å². The lowest BCUT2D eigenvalue weighted by Gasteiger charge is -2.20. The van der Waals surface area contributed by atoms with E-state index in [0.29, 0.717) is 23.5 Å². The van der Waals surface area contributed by atoms with E-state index in [9.17, 15) is 13.2 Å². The first kappa shape index (κ1) is 24.8. The number of likely N-dealkylation sites (tertiary alicyclic amines) is 1. The smallest absolute Gasteiger partial charge is 0.264 e. The minimum Gasteiger partial charge on any atom is -0.497 e. The molecule has 0 aliphatic carbocycles. The first-order valence-electron chi connectivity index (χ1n) is 11.7. The summed E-state index contributed by atoms with van der Waals surface area (Å²) in [7, 11) is -0.718. The maximum atomic E-state index is 12.9. The lowest BCUT2D eigenvalue weighted by atomic mass is 10.1. The standard InChI is InChI=1S/C27H31N3O4S/c1-29(35(32,33)26-15-13-25(34-2)14-16-26)24-11-9-23(10-12-24)27(31)28-19-21-5-7-22(8-6-21)20-30-17-3-4-18-30/h5-16H,3-4,17-20H2,1-2H3,(H,28,31). The third-order valence-electron chi connectivity index (χ3n) is 6.29. The molecule has 1 fully saturated rings. The normalized spacial score (nSPS) is 14.0. The lowest BCUT2D eigenvalue weighted by molar-refractivity contribution is 0.0951. The first-order valence-corrected chi connectivity index (χ1v) is 13.1. The summed E-state index contributed by atoms with van der Waals surface area (Å²) in [6, 6.07) is 21.1. The highest BCUT2D eigenvalue weighted by atomic mass is 32.2. The maximum Gasteiger partial charge on any atom is 0.264 e. The number of hydrogen-bond donors (Lipinski definition) is 1. The quantitative estimate of drug-likeness (QED) is 0.487. The Balaban J connectivity index is 1.34. The zero-order valence-corrected chi connectivity index (χ0v) is 20.9. The number of anilines is 1. The monoisotopic (exact) mass is 493 g/mol. The van der Waals surface area contributed by atoms with Crippen molar-refractivity contribution in [2.45, 2.75) is 30.8 Å². The highest BCUT2D eigenvalue weighted by Crippen LogP contribution is 2.24. The van der Waals surface area contributed by atoms with E-state index in [4.69, 9.17) is 4.74 Å². The molecule has 8 heteroatoms. The molecule has 0 spiro atoms. The number of hydrogen-bond acceptors (Lipinski definition) is 5. The molecule has 0 radical (unpaired) electrons. The molecule has 3 aromatic carbocycles. The number of nitrogens with zero attached hydrogens (tertiary/aromatic N) is 2. The topological polar surface area (TPSA) is 79.0 Å². The van der Waals surface area contributed by atoms with Crippen molar-refractivity contribution in [3.8, 4) is 5.75 Å². The molecule has 35 heavy (non-hydrogen) atoms. The van der Waals surface area contributed by atoms with E-state index in [1.165, 1.54) is 62.1 Å². The van der Waals surface area contributed by atoms with Crippen LogP contribution in [0, 0.1) is 0 Å². The zero-order valence-electron chi connectivity index (χ0n) is 20.1. The molecule has 1 aliphatic heterocycles. The molecule has 0 bridgehead atoms. The number of carbonyl (C=O) groups is 1. The molecule has 0 atom stereocenters. The molecule has 1 heterocycles. The first-order chi connectivity index (χ1) is 16.9. The number of ether oxygens (including phenoxy) is 1. The number of methoxy groups -OCH3 is 1. The van der Waals surface area contributed by atoms with E-state index in [0.717, 1.165) is 12.1 Å². The van der Waals surface area contributed by atoms with Crippen molar-refractivity contribution < 1.29 is 17.9 Å². The number of rotatable bonds is 9. The number of sulfonamides is 1. The highest BCUT2D eigenvalue weighted by Gasteiger charge is 2.21. The third-order valence-corrected chi connectivity index (χ3v) is 8.09. The van der Waals surface area contributed by atoms with Crippen molar-refractivity contribution in [3.63, 3.8) is 0 Å². The van der Waals surface area contributed by atoms with Gasteiger partial charge in [-0.2, -0.15) is 0 Å².